The molecule has 1 aromatic heterocycles. The molecular formula is C27H27N7. The molecule has 0 radical (unpaired) electrons. The Morgan fingerprint density at radius 1 is 0.824 bits per heavy atom. The van der Waals surface area contributed by atoms with E-state index in [1.165, 1.54) is 5.69 Å². The summed E-state index contributed by atoms with van der Waals surface area (Å²) in [5.41, 5.74) is 9.01. The number of aryl methyl sites for hydroxylation is 1. The van der Waals surface area contributed by atoms with Crippen molar-refractivity contribution >= 4 is 28.6 Å². The number of benzene rings is 3. The number of hydrogen-bond acceptors (Lipinski definition) is 5. The molecule has 0 unspecified atom stereocenters. The number of aliphatic imine (C=N–C) groups is 2. The normalized spacial score (nSPS) is 14.9. The first kappa shape index (κ1) is 21.6. The topological polar surface area (TPSA) is 70.7 Å². The molecule has 7 heteroatoms. The van der Waals surface area contributed by atoms with Crippen molar-refractivity contribution in [3.8, 4) is 11.4 Å². The lowest BCUT2D eigenvalue weighted by Gasteiger charge is -2.21. The van der Waals surface area contributed by atoms with E-state index in [1.54, 1.807) is 0 Å². The van der Waals surface area contributed by atoms with E-state index in [1.807, 2.05) is 65.3 Å². The van der Waals surface area contributed by atoms with Gasteiger partial charge in [-0.25, -0.2) is 14.7 Å². The van der Waals surface area contributed by atoms with Gasteiger partial charge >= 0.3 is 0 Å². The number of nitrogens with one attached hydrogen (secondary N) is 1. The summed E-state index contributed by atoms with van der Waals surface area (Å²) in [6.07, 6.45) is 0. The van der Waals surface area contributed by atoms with E-state index in [0.717, 1.165) is 41.4 Å². The van der Waals surface area contributed by atoms with E-state index >= 15 is 0 Å². The summed E-state index contributed by atoms with van der Waals surface area (Å²) in [6.45, 7) is 8.35. The fraction of sp³-hybridized carbons (Fsp3) is 0.185. The van der Waals surface area contributed by atoms with Gasteiger partial charge < -0.3 is 4.90 Å². The highest BCUT2D eigenvalue weighted by molar-refractivity contribution is 6.52. The molecule has 5 rings (SSSR count). The van der Waals surface area contributed by atoms with Crippen LogP contribution in [0.15, 0.2) is 88.8 Å². The highest BCUT2D eigenvalue weighted by Gasteiger charge is 2.30. The Morgan fingerprint density at radius 3 is 2.18 bits per heavy atom. The molecule has 1 aliphatic rings. The zero-order valence-corrected chi connectivity index (χ0v) is 19.6. The van der Waals surface area contributed by atoms with Crippen LogP contribution in [0.1, 0.15) is 25.2 Å². The van der Waals surface area contributed by atoms with Gasteiger partial charge in [-0.1, -0.05) is 48.5 Å². The molecule has 1 aliphatic heterocycles. The van der Waals surface area contributed by atoms with Crippen LogP contribution in [-0.2, 0) is 0 Å². The van der Waals surface area contributed by atoms with Crippen molar-refractivity contribution in [3.05, 3.63) is 90.3 Å². The number of anilines is 1. The van der Waals surface area contributed by atoms with Crippen LogP contribution >= 0.6 is 0 Å². The van der Waals surface area contributed by atoms with Crippen LogP contribution in [0.5, 0.6) is 0 Å². The van der Waals surface area contributed by atoms with Gasteiger partial charge in [0.2, 0.25) is 5.82 Å². The second-order valence-electron chi connectivity index (χ2n) is 8.06. The zero-order valence-electron chi connectivity index (χ0n) is 19.6. The molecular weight excluding hydrogens is 422 g/mol. The third-order valence-corrected chi connectivity index (χ3v) is 5.89. The van der Waals surface area contributed by atoms with Crippen molar-refractivity contribution in [3.63, 3.8) is 0 Å². The number of nitrogens with zero attached hydrogens (tertiary/aromatic N) is 6. The summed E-state index contributed by atoms with van der Waals surface area (Å²) < 4.78 is 1.86. The van der Waals surface area contributed by atoms with Crippen LogP contribution in [-0.4, -0.2) is 39.5 Å². The predicted octanol–water partition coefficient (Wildman–Crippen LogP) is 5.51. The molecule has 1 N–H and O–H groups in total. The summed E-state index contributed by atoms with van der Waals surface area (Å²) in [6, 6.07) is 26.2. The van der Waals surface area contributed by atoms with Crippen molar-refractivity contribution in [2.75, 3.05) is 23.4 Å². The minimum Gasteiger partial charge on any atom is -0.372 e. The molecule has 0 saturated heterocycles. The van der Waals surface area contributed by atoms with Gasteiger partial charge in [-0.15, -0.1) is 10.2 Å². The van der Waals surface area contributed by atoms with Crippen molar-refractivity contribution < 1.29 is 0 Å². The maximum Gasteiger partial charge on any atom is 0.205 e. The molecule has 4 aromatic rings. The van der Waals surface area contributed by atoms with Crippen LogP contribution in [0.4, 0.5) is 17.1 Å². The van der Waals surface area contributed by atoms with Crippen LogP contribution < -0.4 is 10.3 Å². The van der Waals surface area contributed by atoms with Crippen molar-refractivity contribution in [2.45, 2.75) is 20.8 Å². The van der Waals surface area contributed by atoms with Crippen LogP contribution in [0.25, 0.3) is 11.4 Å². The molecule has 0 aliphatic carbocycles. The second kappa shape index (κ2) is 9.31. The van der Waals surface area contributed by atoms with E-state index in [2.05, 4.69) is 59.5 Å². The van der Waals surface area contributed by atoms with Crippen molar-refractivity contribution in [2.24, 2.45) is 9.98 Å². The Kier molecular flexibility index (Phi) is 5.91. The molecule has 170 valence electrons. The minimum atomic E-state index is 0.639. The van der Waals surface area contributed by atoms with Gasteiger partial charge in [0.15, 0.2) is 17.4 Å². The van der Waals surface area contributed by atoms with E-state index in [0.29, 0.717) is 17.4 Å². The summed E-state index contributed by atoms with van der Waals surface area (Å²) in [7, 11) is 0. The fourth-order valence-corrected chi connectivity index (χ4v) is 4.07. The summed E-state index contributed by atoms with van der Waals surface area (Å²) in [5, 5.41) is 8.91. The average molecular weight is 450 g/mol. The highest BCUT2D eigenvalue weighted by Crippen LogP contribution is 2.28. The number of hydrogen-bond donors (Lipinski definition) is 1. The Balaban J connectivity index is 1.61. The van der Waals surface area contributed by atoms with E-state index in [4.69, 9.17) is 9.98 Å². The third kappa shape index (κ3) is 4.08. The molecule has 0 fully saturated rings. The number of aromatic nitrogens is 3. The molecule has 0 atom stereocenters. The predicted molar refractivity (Wildman–Crippen MR) is 139 cm³/mol. The number of para-hydroxylation sites is 1. The monoisotopic (exact) mass is 449 g/mol. The van der Waals surface area contributed by atoms with Crippen LogP contribution in [0.2, 0.25) is 0 Å². The molecule has 0 amide bonds. The molecule has 34 heavy (non-hydrogen) atoms. The summed E-state index contributed by atoms with van der Waals surface area (Å²) in [4.78, 5) is 12.2. The van der Waals surface area contributed by atoms with E-state index in [-0.39, 0.29) is 0 Å². The number of rotatable bonds is 6. The van der Waals surface area contributed by atoms with Gasteiger partial charge in [0.1, 0.15) is 0 Å². The minimum absolute atomic E-state index is 0.639. The van der Waals surface area contributed by atoms with Gasteiger partial charge in [-0.05, 0) is 56.7 Å². The van der Waals surface area contributed by atoms with E-state index in [9.17, 15) is 0 Å². The number of fused-ring (bicyclic) bond motifs is 1. The third-order valence-electron chi connectivity index (χ3n) is 5.89. The first-order valence-corrected chi connectivity index (χ1v) is 11.5. The van der Waals surface area contributed by atoms with Gasteiger partial charge in [-0.2, -0.15) is 0 Å². The van der Waals surface area contributed by atoms with Crippen LogP contribution in [0, 0.1) is 6.92 Å². The maximum absolute atomic E-state index is 5.02. The lowest BCUT2D eigenvalue weighted by molar-refractivity contribution is 0.865. The summed E-state index contributed by atoms with van der Waals surface area (Å²) in [5.74, 6) is 2.00. The first-order valence-electron chi connectivity index (χ1n) is 11.5. The molecule has 0 bridgehead atoms. The zero-order chi connectivity index (χ0) is 23.5. The number of amidine groups is 1. The van der Waals surface area contributed by atoms with Gasteiger partial charge in [0.25, 0.3) is 0 Å². The van der Waals surface area contributed by atoms with Gasteiger partial charge in [0.05, 0.1) is 11.4 Å². The fourth-order valence-electron chi connectivity index (χ4n) is 4.07. The lowest BCUT2D eigenvalue weighted by Crippen LogP contribution is -2.21. The van der Waals surface area contributed by atoms with E-state index < -0.39 is 0 Å². The molecule has 2 heterocycles. The van der Waals surface area contributed by atoms with Crippen molar-refractivity contribution in [1.82, 2.24) is 14.9 Å². The average Bonchev–Trinajstić information content (AvgIpc) is 3.42. The van der Waals surface area contributed by atoms with Gasteiger partial charge in [0, 0.05) is 24.3 Å². The standard InChI is InChI=1S/C27H27N7/c1-4-33(5-2)22-16-17-23(19(3)18-22)29-24-25(28-21-14-10-7-11-15-21)32-34-26(30-31-27(24)34)20-12-8-6-9-13-20/h6-18H,4-5H2,1-3H3,(H,28,32). The van der Waals surface area contributed by atoms with Gasteiger partial charge in [-0.3, -0.25) is 5.43 Å². The summed E-state index contributed by atoms with van der Waals surface area (Å²) >= 11 is 0. The molecule has 0 saturated carbocycles. The lowest BCUT2D eigenvalue weighted by atomic mass is 10.1. The largest absolute Gasteiger partial charge is 0.372 e. The van der Waals surface area contributed by atoms with Crippen LogP contribution in [0.3, 0.4) is 0 Å². The van der Waals surface area contributed by atoms with Crippen molar-refractivity contribution in [1.29, 1.82) is 0 Å². The Labute approximate surface area is 199 Å². The molecule has 3 aromatic carbocycles. The molecule has 7 nitrogen and oxygen atoms in total. The molecule has 0 spiro atoms. The Hall–Kier alpha value is -4.26. The quantitative estimate of drug-likeness (QED) is 0.421. The second-order valence-corrected chi connectivity index (χ2v) is 8.06. The first-order chi connectivity index (χ1) is 16.7. The maximum atomic E-state index is 5.02. The Bertz CT molecular complexity index is 1350. The Morgan fingerprint density at radius 2 is 1.50 bits per heavy atom. The SMILES string of the molecule is CCN(CC)c1ccc(N=C2C(=Nc3ccccc3)Nn3c2nnc3-c2ccccc2)c(C)c1. The highest BCUT2D eigenvalue weighted by atomic mass is 15.5. The smallest absolute Gasteiger partial charge is 0.205 e.